The molecular formula is C24H29N5O4. The van der Waals surface area contributed by atoms with Crippen molar-refractivity contribution in [3.05, 3.63) is 76.6 Å². The molecule has 0 aliphatic carbocycles. The first kappa shape index (κ1) is 24.1. The fourth-order valence-electron chi connectivity index (χ4n) is 3.67. The van der Waals surface area contributed by atoms with E-state index < -0.39 is 24.0 Å². The number of nitrogens with one attached hydrogen (secondary N) is 1. The first-order chi connectivity index (χ1) is 15.9. The van der Waals surface area contributed by atoms with Crippen molar-refractivity contribution in [1.82, 2.24) is 25.5 Å². The number of benzene rings is 2. The van der Waals surface area contributed by atoms with Crippen LogP contribution in [0.5, 0.6) is 0 Å². The fourth-order valence-corrected chi connectivity index (χ4v) is 3.67. The lowest BCUT2D eigenvalue weighted by Gasteiger charge is -2.25. The van der Waals surface area contributed by atoms with Crippen LogP contribution in [0.4, 0.5) is 0 Å². The zero-order chi connectivity index (χ0) is 23.8. The third-order valence-corrected chi connectivity index (χ3v) is 5.40. The highest BCUT2D eigenvalue weighted by Gasteiger charge is 2.27. The number of carbonyl (C=O) groups is 2. The smallest absolute Gasteiger partial charge is 0.337 e. The second-order valence-corrected chi connectivity index (χ2v) is 7.89. The first-order valence-corrected chi connectivity index (χ1v) is 10.9. The summed E-state index contributed by atoms with van der Waals surface area (Å²) < 4.78 is 6.53. The van der Waals surface area contributed by atoms with Crippen LogP contribution in [0.15, 0.2) is 48.5 Å². The van der Waals surface area contributed by atoms with Gasteiger partial charge in [0.15, 0.2) is 5.82 Å². The minimum atomic E-state index is -0.917. The molecular weight excluding hydrogens is 422 g/mol. The standard InChI is InChI=1S/C24H29N5O4/c1-4-5-13-29-23(26-27-28-29)22(17-9-11-18(12-10-17)24(32)33-3)25-20(15-21(30)31)19-8-6-7-16(2)14-19/h6-12,14,20,22,25H,4-5,13,15H2,1-3H3,(H,30,31). The van der Waals surface area contributed by atoms with E-state index in [4.69, 9.17) is 4.74 Å². The van der Waals surface area contributed by atoms with Gasteiger partial charge in [0.1, 0.15) is 0 Å². The van der Waals surface area contributed by atoms with Gasteiger partial charge in [0, 0.05) is 12.6 Å². The molecule has 174 valence electrons. The van der Waals surface area contributed by atoms with Gasteiger partial charge in [-0.05, 0) is 47.0 Å². The number of esters is 1. The van der Waals surface area contributed by atoms with Gasteiger partial charge in [-0.2, -0.15) is 0 Å². The first-order valence-electron chi connectivity index (χ1n) is 10.9. The highest BCUT2D eigenvalue weighted by atomic mass is 16.5. The van der Waals surface area contributed by atoms with Crippen LogP contribution in [0.1, 0.15) is 71.1 Å². The quantitative estimate of drug-likeness (QED) is 0.425. The predicted octanol–water partition coefficient (Wildman–Crippen LogP) is 3.46. The van der Waals surface area contributed by atoms with E-state index in [9.17, 15) is 14.7 Å². The molecule has 2 N–H and O–H groups in total. The number of unbranched alkanes of at least 4 members (excludes halogenated alkanes) is 1. The van der Waals surface area contributed by atoms with Gasteiger partial charge in [0.25, 0.3) is 0 Å². The number of aryl methyl sites for hydroxylation is 2. The molecule has 9 nitrogen and oxygen atoms in total. The average Bonchev–Trinajstić information content (AvgIpc) is 3.28. The average molecular weight is 452 g/mol. The molecule has 9 heteroatoms. The van der Waals surface area contributed by atoms with Gasteiger partial charge in [0.05, 0.1) is 25.1 Å². The van der Waals surface area contributed by atoms with Crippen molar-refractivity contribution < 1.29 is 19.4 Å². The predicted molar refractivity (Wildman–Crippen MR) is 122 cm³/mol. The number of aromatic nitrogens is 4. The molecule has 33 heavy (non-hydrogen) atoms. The summed E-state index contributed by atoms with van der Waals surface area (Å²) in [4.78, 5) is 23.6. The van der Waals surface area contributed by atoms with Crippen LogP contribution in [0.2, 0.25) is 0 Å². The Morgan fingerprint density at radius 1 is 1.15 bits per heavy atom. The Bertz CT molecular complexity index is 1080. The SMILES string of the molecule is CCCCn1nnnc1C(NC(CC(=O)O)c1cccc(C)c1)c1ccc(C(=O)OC)cc1. The topological polar surface area (TPSA) is 119 Å². The van der Waals surface area contributed by atoms with E-state index >= 15 is 0 Å². The minimum Gasteiger partial charge on any atom is -0.481 e. The van der Waals surface area contributed by atoms with E-state index in [2.05, 4.69) is 27.8 Å². The fraction of sp³-hybridized carbons (Fsp3) is 0.375. The molecule has 0 saturated heterocycles. The molecule has 2 atom stereocenters. The van der Waals surface area contributed by atoms with Crippen LogP contribution in [0, 0.1) is 6.92 Å². The van der Waals surface area contributed by atoms with E-state index in [1.807, 2.05) is 31.2 Å². The molecule has 0 amide bonds. The van der Waals surface area contributed by atoms with Crippen LogP contribution in [0.3, 0.4) is 0 Å². The van der Waals surface area contributed by atoms with E-state index in [-0.39, 0.29) is 6.42 Å². The number of hydrogen-bond donors (Lipinski definition) is 2. The molecule has 0 bridgehead atoms. The second kappa shape index (κ2) is 11.3. The molecule has 3 aromatic rings. The van der Waals surface area contributed by atoms with E-state index in [1.165, 1.54) is 7.11 Å². The molecule has 0 aliphatic heterocycles. The van der Waals surface area contributed by atoms with Crippen molar-refractivity contribution in [3.8, 4) is 0 Å². The lowest BCUT2D eigenvalue weighted by Crippen LogP contribution is -2.31. The maximum atomic E-state index is 11.9. The lowest BCUT2D eigenvalue weighted by molar-refractivity contribution is -0.137. The highest BCUT2D eigenvalue weighted by molar-refractivity contribution is 5.89. The van der Waals surface area contributed by atoms with Gasteiger partial charge in [0.2, 0.25) is 0 Å². The molecule has 0 aliphatic rings. The Morgan fingerprint density at radius 3 is 2.55 bits per heavy atom. The normalized spacial score (nSPS) is 12.8. The van der Waals surface area contributed by atoms with Crippen LogP contribution in [0.25, 0.3) is 0 Å². The Morgan fingerprint density at radius 2 is 1.91 bits per heavy atom. The number of tetrazole rings is 1. The molecule has 2 aromatic carbocycles. The maximum absolute atomic E-state index is 11.9. The van der Waals surface area contributed by atoms with Crippen LogP contribution in [-0.2, 0) is 16.1 Å². The molecule has 3 rings (SSSR count). The third kappa shape index (κ3) is 6.23. The summed E-state index contributed by atoms with van der Waals surface area (Å²) in [5.74, 6) is -0.765. The van der Waals surface area contributed by atoms with Crippen molar-refractivity contribution >= 4 is 11.9 Å². The number of carbonyl (C=O) groups excluding carboxylic acids is 1. The summed E-state index contributed by atoms with van der Waals surface area (Å²) in [5.41, 5.74) is 3.13. The molecule has 2 unspecified atom stereocenters. The zero-order valence-corrected chi connectivity index (χ0v) is 19.1. The number of aliphatic carboxylic acids is 1. The number of ether oxygens (including phenoxy) is 1. The molecule has 1 heterocycles. The van der Waals surface area contributed by atoms with Gasteiger partial charge in [-0.25, -0.2) is 9.48 Å². The van der Waals surface area contributed by atoms with Gasteiger partial charge in [-0.1, -0.05) is 55.3 Å². The van der Waals surface area contributed by atoms with Crippen molar-refractivity contribution in [1.29, 1.82) is 0 Å². The summed E-state index contributed by atoms with van der Waals surface area (Å²) in [6.07, 6.45) is 1.77. The monoisotopic (exact) mass is 451 g/mol. The van der Waals surface area contributed by atoms with Gasteiger partial charge in [-0.3, -0.25) is 10.1 Å². The largest absolute Gasteiger partial charge is 0.481 e. The van der Waals surface area contributed by atoms with E-state index in [1.54, 1.807) is 28.9 Å². The Labute approximate surface area is 192 Å². The van der Waals surface area contributed by atoms with E-state index in [0.29, 0.717) is 17.9 Å². The number of methoxy groups -OCH3 is 1. The van der Waals surface area contributed by atoms with Gasteiger partial charge < -0.3 is 9.84 Å². The Kier molecular flexibility index (Phi) is 8.26. The minimum absolute atomic E-state index is 0.114. The molecule has 0 saturated carbocycles. The summed E-state index contributed by atoms with van der Waals surface area (Å²) in [6, 6.07) is 13.7. The van der Waals surface area contributed by atoms with Gasteiger partial charge >= 0.3 is 11.9 Å². The maximum Gasteiger partial charge on any atom is 0.337 e. The number of carboxylic acids is 1. The summed E-state index contributed by atoms with van der Waals surface area (Å²) in [7, 11) is 1.33. The number of nitrogens with zero attached hydrogens (tertiary/aromatic N) is 4. The Hall–Kier alpha value is -3.59. The molecule has 0 radical (unpaired) electrons. The van der Waals surface area contributed by atoms with Crippen molar-refractivity contribution in [2.45, 2.75) is 51.7 Å². The van der Waals surface area contributed by atoms with Crippen LogP contribution >= 0.6 is 0 Å². The third-order valence-electron chi connectivity index (χ3n) is 5.40. The second-order valence-electron chi connectivity index (χ2n) is 7.89. The summed E-state index contributed by atoms with van der Waals surface area (Å²) in [5, 5.41) is 25.3. The van der Waals surface area contributed by atoms with Crippen molar-refractivity contribution in [3.63, 3.8) is 0 Å². The Balaban J connectivity index is 2.02. The summed E-state index contributed by atoms with van der Waals surface area (Å²) in [6.45, 7) is 4.70. The number of rotatable bonds is 11. The molecule has 0 spiro atoms. The lowest BCUT2D eigenvalue weighted by atomic mass is 9.97. The molecule has 1 aromatic heterocycles. The zero-order valence-electron chi connectivity index (χ0n) is 19.1. The van der Waals surface area contributed by atoms with Crippen LogP contribution in [-0.4, -0.2) is 44.4 Å². The van der Waals surface area contributed by atoms with E-state index in [0.717, 1.165) is 29.5 Å². The highest BCUT2D eigenvalue weighted by Crippen LogP contribution is 2.27. The van der Waals surface area contributed by atoms with Crippen molar-refractivity contribution in [2.75, 3.05) is 7.11 Å². The number of carboxylic acid groups (broad SMARTS) is 1. The molecule has 0 fully saturated rings. The van der Waals surface area contributed by atoms with Gasteiger partial charge in [-0.15, -0.1) is 5.10 Å². The van der Waals surface area contributed by atoms with Crippen LogP contribution < -0.4 is 5.32 Å². The van der Waals surface area contributed by atoms with Crippen molar-refractivity contribution in [2.24, 2.45) is 0 Å². The number of hydrogen-bond acceptors (Lipinski definition) is 7. The summed E-state index contributed by atoms with van der Waals surface area (Å²) >= 11 is 0.